The van der Waals surface area contributed by atoms with Crippen molar-refractivity contribution in [2.24, 2.45) is 0 Å². The molecule has 0 bridgehead atoms. The number of carboxylic acid groups (broad SMARTS) is 1. The number of rotatable bonds is 6. The third-order valence-corrected chi connectivity index (χ3v) is 5.80. The lowest BCUT2D eigenvalue weighted by atomic mass is 10.0. The van der Waals surface area contributed by atoms with E-state index in [1.165, 1.54) is 18.2 Å². The molecule has 0 aliphatic heterocycles. The van der Waals surface area contributed by atoms with Crippen molar-refractivity contribution in [1.29, 1.82) is 0 Å². The number of hydrogen-bond acceptors (Lipinski definition) is 3. The van der Waals surface area contributed by atoms with Crippen LogP contribution in [0.4, 0.5) is 18.9 Å². The summed E-state index contributed by atoms with van der Waals surface area (Å²) in [5.41, 5.74) is 8.77. The smallest absolute Gasteiger partial charge is 0.416 e. The minimum Gasteiger partial charge on any atom is -0.488 e. The van der Waals surface area contributed by atoms with Gasteiger partial charge in [-0.15, -0.1) is 0 Å². The minimum absolute atomic E-state index is 0.0215. The van der Waals surface area contributed by atoms with Gasteiger partial charge in [-0.25, -0.2) is 4.79 Å². The van der Waals surface area contributed by atoms with E-state index < -0.39 is 17.7 Å². The van der Waals surface area contributed by atoms with Crippen LogP contribution in [0.3, 0.4) is 0 Å². The fourth-order valence-electron chi connectivity index (χ4n) is 3.91. The van der Waals surface area contributed by atoms with Crippen molar-refractivity contribution in [2.45, 2.75) is 26.6 Å². The number of nitrogen functional groups attached to an aromatic ring is 1. The van der Waals surface area contributed by atoms with E-state index in [1.807, 2.05) is 30.3 Å². The average Bonchev–Trinajstić information content (AvgIpc) is 3.20. The number of halogens is 3. The number of aryl methyl sites for hydroxylation is 1. The van der Waals surface area contributed by atoms with Crippen LogP contribution >= 0.6 is 0 Å². The maximum Gasteiger partial charge on any atom is 0.416 e. The third kappa shape index (κ3) is 4.87. The van der Waals surface area contributed by atoms with Gasteiger partial charge in [-0.05, 0) is 67.4 Å². The molecule has 0 aliphatic rings. The molecule has 0 saturated heterocycles. The predicted molar refractivity (Wildman–Crippen MR) is 128 cm³/mol. The van der Waals surface area contributed by atoms with Crippen molar-refractivity contribution in [3.8, 4) is 22.7 Å². The Morgan fingerprint density at radius 2 is 1.71 bits per heavy atom. The number of aromatic nitrogens is 1. The SMILES string of the molecule is Cc1c(N)cc(C(=O)O)cc1-n1c(C)ccc1-c1cc(C(F)(F)F)ccc1OCc1ccccc1. The van der Waals surface area contributed by atoms with E-state index >= 15 is 0 Å². The number of anilines is 1. The molecule has 3 aromatic carbocycles. The Morgan fingerprint density at radius 1 is 1.00 bits per heavy atom. The number of alkyl halides is 3. The summed E-state index contributed by atoms with van der Waals surface area (Å²) in [5, 5.41) is 9.52. The molecule has 0 radical (unpaired) electrons. The Hall–Kier alpha value is -4.20. The molecule has 0 spiro atoms. The summed E-state index contributed by atoms with van der Waals surface area (Å²) in [7, 11) is 0. The summed E-state index contributed by atoms with van der Waals surface area (Å²) in [6, 6.07) is 18.9. The second-order valence-electron chi connectivity index (χ2n) is 8.19. The van der Waals surface area contributed by atoms with Gasteiger partial charge in [0.1, 0.15) is 12.4 Å². The molecule has 35 heavy (non-hydrogen) atoms. The van der Waals surface area contributed by atoms with E-state index in [0.717, 1.165) is 17.7 Å². The zero-order chi connectivity index (χ0) is 25.3. The zero-order valence-electron chi connectivity index (χ0n) is 19.1. The lowest BCUT2D eigenvalue weighted by Crippen LogP contribution is -2.09. The molecule has 1 heterocycles. The number of nitrogens with zero attached hydrogens (tertiary/aromatic N) is 1. The van der Waals surface area contributed by atoms with E-state index in [1.54, 1.807) is 30.5 Å². The molecule has 8 heteroatoms. The summed E-state index contributed by atoms with van der Waals surface area (Å²) in [4.78, 5) is 11.6. The number of carboxylic acids is 1. The van der Waals surface area contributed by atoms with Gasteiger partial charge in [-0.1, -0.05) is 30.3 Å². The molecule has 3 N–H and O–H groups in total. The van der Waals surface area contributed by atoms with E-state index in [2.05, 4.69) is 0 Å². The normalized spacial score (nSPS) is 11.5. The highest BCUT2D eigenvalue weighted by atomic mass is 19.4. The maximum absolute atomic E-state index is 13.6. The van der Waals surface area contributed by atoms with Crippen molar-refractivity contribution in [1.82, 2.24) is 4.57 Å². The highest BCUT2D eigenvalue weighted by Gasteiger charge is 2.32. The molecule has 4 aromatic rings. The van der Waals surface area contributed by atoms with Gasteiger partial charge in [0.25, 0.3) is 0 Å². The summed E-state index contributed by atoms with van der Waals surface area (Å²) < 4.78 is 48.5. The molecule has 0 unspecified atom stereocenters. The first-order chi connectivity index (χ1) is 16.6. The fourth-order valence-corrected chi connectivity index (χ4v) is 3.91. The third-order valence-electron chi connectivity index (χ3n) is 5.80. The van der Waals surface area contributed by atoms with Crippen LogP contribution in [0, 0.1) is 13.8 Å². The number of hydrogen-bond donors (Lipinski definition) is 2. The van der Waals surface area contributed by atoms with Crippen molar-refractivity contribution in [3.63, 3.8) is 0 Å². The predicted octanol–water partition coefficient (Wildman–Crippen LogP) is 6.64. The number of aromatic carboxylic acids is 1. The van der Waals surface area contributed by atoms with Crippen LogP contribution in [0.1, 0.15) is 32.7 Å². The van der Waals surface area contributed by atoms with Crippen molar-refractivity contribution < 1.29 is 27.8 Å². The quantitative estimate of drug-likeness (QED) is 0.303. The second-order valence-corrected chi connectivity index (χ2v) is 8.19. The van der Waals surface area contributed by atoms with Gasteiger partial charge in [0.15, 0.2) is 0 Å². The molecule has 0 atom stereocenters. The standard InChI is InChI=1S/C27H23F3N2O3/c1-16-8-10-23(32(16)24-13-19(26(33)34)12-22(31)17(24)2)21-14-20(27(28,29)30)9-11-25(21)35-15-18-6-4-3-5-7-18/h3-14H,15,31H2,1-2H3,(H,33,34). The van der Waals surface area contributed by atoms with Gasteiger partial charge >= 0.3 is 12.1 Å². The molecule has 5 nitrogen and oxygen atoms in total. The average molecular weight is 480 g/mol. The molecule has 0 fully saturated rings. The molecule has 4 rings (SSSR count). The van der Waals surface area contributed by atoms with Gasteiger partial charge in [0.05, 0.1) is 22.5 Å². The number of nitrogens with two attached hydrogens (primary N) is 1. The topological polar surface area (TPSA) is 77.5 Å². The Kier molecular flexibility index (Phi) is 6.30. The van der Waals surface area contributed by atoms with E-state index in [-0.39, 0.29) is 29.2 Å². The van der Waals surface area contributed by atoms with Crippen LogP contribution < -0.4 is 10.5 Å². The molecule has 0 amide bonds. The Labute approximate surface area is 200 Å². The van der Waals surface area contributed by atoms with Gasteiger partial charge in [0.2, 0.25) is 0 Å². The summed E-state index contributed by atoms with van der Waals surface area (Å²) >= 11 is 0. The van der Waals surface area contributed by atoms with Gasteiger partial charge in [-0.3, -0.25) is 0 Å². The molecule has 0 saturated carbocycles. The van der Waals surface area contributed by atoms with Crippen LogP contribution in [0.5, 0.6) is 5.75 Å². The Bertz CT molecular complexity index is 1390. The summed E-state index contributed by atoms with van der Waals surface area (Å²) in [5.74, 6) is -0.892. The van der Waals surface area contributed by atoms with E-state index in [0.29, 0.717) is 22.6 Å². The van der Waals surface area contributed by atoms with Crippen molar-refractivity contribution in [3.05, 3.63) is 101 Å². The minimum atomic E-state index is -4.55. The number of ether oxygens (including phenoxy) is 1. The number of benzene rings is 3. The first-order valence-corrected chi connectivity index (χ1v) is 10.8. The lowest BCUT2D eigenvalue weighted by molar-refractivity contribution is -0.137. The first kappa shape index (κ1) is 23.9. The molecule has 0 aliphatic carbocycles. The highest BCUT2D eigenvalue weighted by Crippen LogP contribution is 2.40. The first-order valence-electron chi connectivity index (χ1n) is 10.8. The molecular formula is C27H23F3N2O3. The van der Waals surface area contributed by atoms with Crippen molar-refractivity contribution >= 4 is 11.7 Å². The van der Waals surface area contributed by atoms with Crippen LogP contribution in [0.2, 0.25) is 0 Å². The summed E-state index contributed by atoms with van der Waals surface area (Å²) in [6.07, 6.45) is -4.55. The monoisotopic (exact) mass is 480 g/mol. The molecule has 180 valence electrons. The maximum atomic E-state index is 13.6. The Morgan fingerprint density at radius 3 is 2.37 bits per heavy atom. The van der Waals surface area contributed by atoms with Gasteiger partial charge in [0, 0.05) is 16.9 Å². The lowest BCUT2D eigenvalue weighted by Gasteiger charge is -2.20. The summed E-state index contributed by atoms with van der Waals surface area (Å²) in [6.45, 7) is 3.68. The van der Waals surface area contributed by atoms with Crippen molar-refractivity contribution in [2.75, 3.05) is 5.73 Å². The molecular weight excluding hydrogens is 457 g/mol. The zero-order valence-corrected chi connectivity index (χ0v) is 19.1. The van der Waals surface area contributed by atoms with Crippen LogP contribution in [-0.2, 0) is 12.8 Å². The van der Waals surface area contributed by atoms with E-state index in [9.17, 15) is 23.1 Å². The van der Waals surface area contributed by atoms with Gasteiger partial charge < -0.3 is 20.1 Å². The van der Waals surface area contributed by atoms with Crippen LogP contribution in [-0.4, -0.2) is 15.6 Å². The number of carbonyl (C=O) groups is 1. The fraction of sp³-hybridized carbons (Fsp3) is 0.148. The van der Waals surface area contributed by atoms with Crippen LogP contribution in [0.15, 0.2) is 72.8 Å². The largest absolute Gasteiger partial charge is 0.488 e. The van der Waals surface area contributed by atoms with Gasteiger partial charge in [-0.2, -0.15) is 13.2 Å². The van der Waals surface area contributed by atoms with Crippen LogP contribution in [0.25, 0.3) is 16.9 Å². The second kappa shape index (κ2) is 9.21. The van der Waals surface area contributed by atoms with E-state index in [4.69, 9.17) is 10.5 Å². The Balaban J connectivity index is 1.90. The highest BCUT2D eigenvalue weighted by molar-refractivity contribution is 5.90. The molecule has 1 aromatic heterocycles.